The molecule has 8 N–H and O–H groups in total. The summed E-state index contributed by atoms with van der Waals surface area (Å²) in [5.41, 5.74) is 17.3. The highest BCUT2D eigenvalue weighted by molar-refractivity contribution is 6.39. The van der Waals surface area contributed by atoms with Crippen LogP contribution in [0.15, 0.2) is 82.7 Å². The molecule has 3 aliphatic heterocycles. The average molecular weight is 1650 g/mol. The van der Waals surface area contributed by atoms with E-state index < -0.39 is 77.8 Å². The van der Waals surface area contributed by atoms with Gasteiger partial charge in [-0.15, -0.1) is 5.10 Å². The fraction of sp³-hybridized carbons (Fsp3) is 0.663. The number of fused-ring (bicyclic) bond motifs is 5. The van der Waals surface area contributed by atoms with Crippen molar-refractivity contribution in [1.29, 1.82) is 0 Å². The van der Waals surface area contributed by atoms with Gasteiger partial charge in [0.25, 0.3) is 17.7 Å². The van der Waals surface area contributed by atoms with Gasteiger partial charge in [-0.1, -0.05) is 76.3 Å². The molecule has 15 atom stereocenters. The fourth-order valence-electron chi connectivity index (χ4n) is 16.1. The van der Waals surface area contributed by atoms with E-state index in [4.69, 9.17) is 63.6 Å². The van der Waals surface area contributed by atoms with Crippen molar-refractivity contribution in [2.24, 2.45) is 35.5 Å². The largest absolute Gasteiger partial charge is 0.460 e. The third kappa shape index (κ3) is 27.0. The van der Waals surface area contributed by atoms with Crippen molar-refractivity contribution in [3.05, 3.63) is 84.0 Å². The Balaban J connectivity index is 0.649. The number of nitrogens with two attached hydrogens (primary N) is 2. The van der Waals surface area contributed by atoms with Crippen LogP contribution < -0.4 is 22.1 Å². The molecule has 3 amide bonds. The van der Waals surface area contributed by atoms with Crippen molar-refractivity contribution in [2.75, 3.05) is 98.7 Å². The number of oxazole rings is 1. The highest BCUT2D eigenvalue weighted by Crippen LogP contribution is 2.39. The smallest absolute Gasteiger partial charge is 0.329 e. The number of rotatable bonds is 34. The number of Topliss-reactive ketones (excluding diaryl/α,β-unsaturated/α-hetero) is 3. The Hall–Kier alpha value is -8.57. The molecule has 0 radical (unpaired) electrons. The first kappa shape index (κ1) is 93.3. The minimum Gasteiger partial charge on any atom is -0.460 e. The summed E-state index contributed by atoms with van der Waals surface area (Å²) in [5, 5.41) is 43.7. The van der Waals surface area contributed by atoms with E-state index in [2.05, 4.69) is 35.9 Å². The van der Waals surface area contributed by atoms with Crippen molar-refractivity contribution >= 4 is 75.0 Å². The molecule has 118 heavy (non-hydrogen) atoms. The summed E-state index contributed by atoms with van der Waals surface area (Å²) in [6.07, 6.45) is 19.7. The molecule has 9 rings (SSSR count). The van der Waals surface area contributed by atoms with Crippen LogP contribution >= 0.6 is 0 Å². The Bertz CT molecular complexity index is 4210. The monoisotopic (exact) mass is 1650 g/mol. The number of ketones is 3. The van der Waals surface area contributed by atoms with Crippen molar-refractivity contribution in [2.45, 2.75) is 245 Å². The van der Waals surface area contributed by atoms with E-state index in [1.54, 1.807) is 56.5 Å². The van der Waals surface area contributed by atoms with Gasteiger partial charge in [0.1, 0.15) is 53.5 Å². The van der Waals surface area contributed by atoms with Gasteiger partial charge in [0.15, 0.2) is 17.0 Å². The number of cyclic esters (lactones) is 1. The number of ether oxygens (including phenoxy) is 9. The number of methoxy groups -OCH3 is 3. The summed E-state index contributed by atoms with van der Waals surface area (Å²) in [5.74, 6) is -8.18. The third-order valence-electron chi connectivity index (χ3n) is 23.1. The number of hydrogen-bond acceptors (Lipinski definition) is 27. The van der Waals surface area contributed by atoms with Crippen LogP contribution in [0.3, 0.4) is 0 Å². The van der Waals surface area contributed by atoms with Gasteiger partial charge in [0.2, 0.25) is 17.6 Å². The maximum absolute atomic E-state index is 14.8. The lowest BCUT2D eigenvalue weighted by molar-refractivity contribution is -0.265. The van der Waals surface area contributed by atoms with Gasteiger partial charge in [-0.05, 0) is 164 Å². The minimum atomic E-state index is -2.46. The number of carbonyl (C=O) groups excluding carboxylic acids is 7. The summed E-state index contributed by atoms with van der Waals surface area (Å²) in [6.45, 7) is 17.4. The van der Waals surface area contributed by atoms with Crippen LogP contribution in [-0.2, 0) is 95.7 Å². The van der Waals surface area contributed by atoms with Gasteiger partial charge in [-0.3, -0.25) is 28.8 Å². The Kier molecular flexibility index (Phi) is 37.0. The molecule has 32 nitrogen and oxygen atoms in total. The first-order valence-electron chi connectivity index (χ1n) is 42.2. The number of aryl methyl sites for hydroxylation is 2. The highest BCUT2D eigenvalue weighted by Gasteiger charge is 2.53. The fourth-order valence-corrected chi connectivity index (χ4v) is 16.1. The van der Waals surface area contributed by atoms with Crippen molar-refractivity contribution < 1.29 is 90.8 Å². The second kappa shape index (κ2) is 46.9. The third-order valence-corrected chi connectivity index (χ3v) is 23.1. The number of unbranched alkanes of at least 4 members (excludes halogenated alkanes) is 2. The summed E-state index contributed by atoms with van der Waals surface area (Å²) >= 11 is 0. The van der Waals surface area contributed by atoms with Crippen LogP contribution in [0.5, 0.6) is 0 Å². The summed E-state index contributed by atoms with van der Waals surface area (Å²) in [7, 11) is 4.64. The van der Waals surface area contributed by atoms with Gasteiger partial charge < -0.3 is 84.3 Å². The van der Waals surface area contributed by atoms with E-state index in [9.17, 15) is 43.8 Å². The Labute approximate surface area is 692 Å². The Morgan fingerprint density at radius 1 is 0.771 bits per heavy atom. The number of hydrogen-bond donors (Lipinski definition) is 6. The number of benzene rings is 1. The second-order valence-electron chi connectivity index (χ2n) is 32.2. The molecule has 0 spiro atoms. The molecular weight excluding hydrogens is 1520 g/mol. The number of aromatic nitrogens is 8. The molecule has 7 heterocycles. The van der Waals surface area contributed by atoms with Crippen molar-refractivity contribution in [1.82, 2.24) is 55.3 Å². The molecule has 650 valence electrons. The van der Waals surface area contributed by atoms with Crippen LogP contribution in [0, 0.1) is 35.5 Å². The molecule has 3 fully saturated rings. The summed E-state index contributed by atoms with van der Waals surface area (Å²) in [4.78, 5) is 111. The lowest BCUT2D eigenvalue weighted by Crippen LogP contribution is -2.61. The maximum atomic E-state index is 14.8. The summed E-state index contributed by atoms with van der Waals surface area (Å²) in [6, 6.07) is 4.36. The van der Waals surface area contributed by atoms with Gasteiger partial charge in [0.05, 0.1) is 81.7 Å². The Morgan fingerprint density at radius 3 is 2.28 bits per heavy atom. The maximum Gasteiger partial charge on any atom is 0.329 e. The minimum absolute atomic E-state index is 0.00678. The molecule has 2 saturated heterocycles. The number of aliphatic hydroxyl groups is 2. The number of nitrogen functional groups attached to an aromatic ring is 2. The van der Waals surface area contributed by atoms with E-state index in [0.717, 1.165) is 48.9 Å². The molecule has 0 unspecified atom stereocenters. The van der Waals surface area contributed by atoms with E-state index in [1.807, 2.05) is 76.4 Å². The van der Waals surface area contributed by atoms with Crippen LogP contribution in [0.25, 0.3) is 33.4 Å². The van der Waals surface area contributed by atoms with E-state index in [1.165, 1.54) is 18.3 Å². The molecule has 4 aliphatic rings. The molecule has 1 aromatic carbocycles. The predicted molar refractivity (Wildman–Crippen MR) is 441 cm³/mol. The molecular formula is C86H127N13O19. The van der Waals surface area contributed by atoms with Crippen LogP contribution in [0.1, 0.15) is 176 Å². The van der Waals surface area contributed by atoms with Crippen molar-refractivity contribution in [3.63, 3.8) is 0 Å². The molecule has 4 aromatic heterocycles. The topological polar surface area (TPSA) is 423 Å². The van der Waals surface area contributed by atoms with Crippen LogP contribution in [0.2, 0.25) is 0 Å². The standard InChI is InChI=1S/C86H127N13O19/c1-54-21-12-11-13-22-55(2)70(109-8)50-64-30-27-60(7)86(108,118-64)80(105)83(106)98-35-17-14-24-66(98)84(107)116-71(51-67(100)56(3)46-59(6)78(104)79(111-10)77(103)58(5)45-54)57(4)47-61-28-31-69(72(48-61)110-9)115-38-19-15-23-63-52-97(96-94-63)37-40-113-42-44-114-43-41-112-39-34-90-74(102)26-20-25-73(101)89-33-16-18-36-99-82-75(81(87)91-53-92-82)76(95-99)62-29-32-68-65(49-62)93-85(88)117-68/h11-13,21-22,29,32,46,49,52-54,56-58,60-61,64,66,69-72,78-79,104,108H,14-20,23-28,30-31,33-45,47-48,50-51H2,1-10H3,(H2,88,93)(H,89,101)(H,90,102)(H2,87,91,92)/b13-11+,21-12+,55-22+,59-46+/t54-,56-,57-,58-,60-,61+,64+,66+,69-,70+,71+,72-,78-,79+,86-/m1/s1. The lowest BCUT2D eigenvalue weighted by atomic mass is 9.78. The van der Waals surface area contributed by atoms with Gasteiger partial charge >= 0.3 is 5.97 Å². The Morgan fingerprint density at radius 2 is 1.53 bits per heavy atom. The van der Waals surface area contributed by atoms with Crippen LogP contribution in [0.4, 0.5) is 11.8 Å². The quantitative estimate of drug-likeness (QED) is 0.00968. The number of allylic oxidation sites excluding steroid dienone is 6. The van der Waals surface area contributed by atoms with Crippen LogP contribution in [-0.4, -0.2) is 238 Å². The predicted octanol–water partition coefficient (Wildman–Crippen LogP) is 8.86. The van der Waals surface area contributed by atoms with E-state index >= 15 is 0 Å². The number of anilines is 2. The first-order chi connectivity index (χ1) is 56.8. The first-order valence-corrected chi connectivity index (χ1v) is 42.2. The summed E-state index contributed by atoms with van der Waals surface area (Å²) < 4.78 is 62.8. The normalized spacial score (nSPS) is 27.6. The SMILES string of the molecule is CO[C@H]1C[C@@H]2CC[C@@H](C)[C@@](O)(O2)C(=O)C(=O)N2CCCC[C@H]2C(=O)O[C@H]([C@H](C)C[C@@H]2CC[C@@H](OCCCCc3cn(CCOCCOCCOCCNC(=O)CCCC(=O)NCCCCn4nc(-c5ccc6oc(N)nc6c5)c5c(N)ncnc54)nn3)[C@H](OC)C2)CC(=O)[C@H](C)/C=C(\C)[C@@H](O)[C@@H](OC)C(=O)[C@H](C)C[C@H](C)/C=C/C=C/C=C/1C. The van der Waals surface area contributed by atoms with Crippen molar-refractivity contribution in [3.8, 4) is 11.3 Å². The number of aliphatic hydroxyl groups excluding tert-OH is 1. The number of piperidine rings is 1. The number of nitrogens with zero attached hydrogens (tertiary/aromatic N) is 9. The molecule has 1 saturated carbocycles. The second-order valence-corrected chi connectivity index (χ2v) is 32.2. The van der Waals surface area contributed by atoms with E-state index in [-0.39, 0.29) is 91.6 Å². The molecule has 1 aliphatic carbocycles. The highest BCUT2D eigenvalue weighted by atomic mass is 16.6. The lowest BCUT2D eigenvalue weighted by Gasteiger charge is -2.42. The average Bonchev–Trinajstić information content (AvgIpc) is 1.48. The zero-order valence-corrected chi connectivity index (χ0v) is 70.6. The van der Waals surface area contributed by atoms with Gasteiger partial charge in [-0.25, -0.2) is 24.1 Å². The number of carbonyl (C=O) groups is 7. The number of nitrogens with one attached hydrogen (secondary N) is 2. The molecule has 2 bridgehead atoms. The molecule has 32 heteroatoms. The van der Waals surface area contributed by atoms with Gasteiger partial charge in [-0.2, -0.15) is 10.1 Å². The molecule has 5 aromatic rings. The van der Waals surface area contributed by atoms with E-state index in [0.29, 0.717) is 182 Å². The number of esters is 1. The van der Waals surface area contributed by atoms with Gasteiger partial charge in [0, 0.05) is 109 Å². The zero-order chi connectivity index (χ0) is 84.8. The zero-order valence-electron chi connectivity index (χ0n) is 70.6. The number of amides is 3.